The third-order valence-electron chi connectivity index (χ3n) is 4.29. The monoisotopic (exact) mass is 284 g/mol. The lowest BCUT2D eigenvalue weighted by Crippen LogP contribution is -2.86. The van der Waals surface area contributed by atoms with E-state index in [4.69, 9.17) is 0 Å². The number of hydrogen-bond donors (Lipinski definition) is 1. The minimum absolute atomic E-state index is 0.326. The van der Waals surface area contributed by atoms with E-state index in [2.05, 4.69) is 86.1 Å². The minimum Gasteiger partial charge on any atom is -0.375 e. The largest absolute Gasteiger partial charge is 0.375 e. The van der Waals surface area contributed by atoms with Crippen molar-refractivity contribution in [3.05, 3.63) is 53.0 Å². The van der Waals surface area contributed by atoms with E-state index in [1.165, 1.54) is 22.6 Å². The van der Waals surface area contributed by atoms with Gasteiger partial charge in [-0.15, -0.1) is 5.73 Å². The minimum atomic E-state index is 0.326. The molecule has 1 aromatic rings. The highest BCUT2D eigenvalue weighted by atomic mass is 15.3. The van der Waals surface area contributed by atoms with Crippen LogP contribution in [0.2, 0.25) is 0 Å². The summed E-state index contributed by atoms with van der Waals surface area (Å²) in [6.07, 6.45) is 4.48. The van der Waals surface area contributed by atoms with Crippen molar-refractivity contribution in [1.82, 2.24) is 4.90 Å². The van der Waals surface area contributed by atoms with Gasteiger partial charge in [0.1, 0.15) is 5.70 Å². The van der Waals surface area contributed by atoms with Crippen molar-refractivity contribution in [1.29, 1.82) is 0 Å². The van der Waals surface area contributed by atoms with E-state index < -0.39 is 0 Å². The van der Waals surface area contributed by atoms with Gasteiger partial charge in [0.2, 0.25) is 0 Å². The van der Waals surface area contributed by atoms with Gasteiger partial charge in [0.15, 0.2) is 6.17 Å². The van der Waals surface area contributed by atoms with E-state index in [1.54, 1.807) is 0 Å². The van der Waals surface area contributed by atoms with Crippen LogP contribution in [0.25, 0.3) is 6.08 Å². The maximum absolute atomic E-state index is 3.31. The van der Waals surface area contributed by atoms with Crippen molar-refractivity contribution in [2.75, 3.05) is 25.5 Å². The number of nitrogens with zero attached hydrogens (tertiary/aromatic N) is 2. The van der Waals surface area contributed by atoms with Crippen molar-refractivity contribution in [2.45, 2.75) is 26.9 Å². The molecule has 0 amide bonds. The molecule has 0 aliphatic carbocycles. The van der Waals surface area contributed by atoms with Crippen molar-refractivity contribution in [2.24, 2.45) is 0 Å². The van der Waals surface area contributed by atoms with Gasteiger partial charge in [-0.25, -0.2) is 0 Å². The lowest BCUT2D eigenvalue weighted by atomic mass is 10.2. The van der Waals surface area contributed by atoms with Crippen molar-refractivity contribution in [3.63, 3.8) is 0 Å². The van der Waals surface area contributed by atoms with Gasteiger partial charge >= 0.3 is 0 Å². The standard InChI is InChI=1S/C18H25N3/c1-6-20(4)17-12-10-16(11-13-17)8-7-9-18-19-14(2)15(3)21(18)5/h8-13,18-19H,6H2,1-5H3/p+1. The Labute approximate surface area is 128 Å². The fraction of sp³-hybridized carbons (Fsp3) is 0.389. The van der Waals surface area contributed by atoms with Gasteiger partial charge in [0.05, 0.1) is 5.70 Å². The topological polar surface area (TPSA) is 23.1 Å². The van der Waals surface area contributed by atoms with E-state index in [-0.39, 0.29) is 0 Å². The van der Waals surface area contributed by atoms with E-state index >= 15 is 0 Å². The lowest BCUT2D eigenvalue weighted by Gasteiger charge is -2.16. The molecular weight excluding hydrogens is 258 g/mol. The van der Waals surface area contributed by atoms with Crippen molar-refractivity contribution < 1.29 is 5.32 Å². The Morgan fingerprint density at radius 3 is 2.48 bits per heavy atom. The molecule has 1 atom stereocenters. The molecule has 0 bridgehead atoms. The van der Waals surface area contributed by atoms with Gasteiger partial charge in [-0.3, -0.25) is 5.32 Å². The second-order valence-electron chi connectivity index (χ2n) is 5.62. The first-order valence-electron chi connectivity index (χ1n) is 7.52. The molecule has 3 heteroatoms. The molecule has 3 nitrogen and oxygen atoms in total. The molecule has 1 aromatic carbocycles. The highest BCUT2D eigenvalue weighted by Crippen LogP contribution is 2.14. The summed E-state index contributed by atoms with van der Waals surface area (Å²) in [7, 11) is 4.23. The van der Waals surface area contributed by atoms with Crippen LogP contribution in [0, 0.1) is 0 Å². The molecule has 1 aliphatic rings. The van der Waals surface area contributed by atoms with Gasteiger partial charge in [-0.2, -0.15) is 0 Å². The molecule has 1 heterocycles. The van der Waals surface area contributed by atoms with E-state index in [1.807, 2.05) is 6.08 Å². The van der Waals surface area contributed by atoms with Gasteiger partial charge in [-0.05, 0) is 37.6 Å². The number of benzene rings is 1. The Morgan fingerprint density at radius 2 is 1.95 bits per heavy atom. The smallest absolute Gasteiger partial charge is 0.192 e. The molecule has 0 radical (unpaired) electrons. The average molecular weight is 284 g/mol. The highest BCUT2D eigenvalue weighted by Gasteiger charge is 2.25. The van der Waals surface area contributed by atoms with Crippen LogP contribution in [-0.2, 0) is 0 Å². The zero-order valence-electron chi connectivity index (χ0n) is 13.7. The Morgan fingerprint density at radius 1 is 1.29 bits per heavy atom. The summed E-state index contributed by atoms with van der Waals surface area (Å²) in [5, 5.41) is 2.27. The molecule has 0 aromatic heterocycles. The fourth-order valence-corrected chi connectivity index (χ4v) is 2.40. The number of quaternary nitrogens is 1. The van der Waals surface area contributed by atoms with Crippen LogP contribution in [0.4, 0.5) is 5.69 Å². The van der Waals surface area contributed by atoms with E-state index in [0.717, 1.165) is 6.54 Å². The molecule has 0 saturated carbocycles. The highest BCUT2D eigenvalue weighted by molar-refractivity contribution is 5.55. The fourth-order valence-electron chi connectivity index (χ4n) is 2.40. The lowest BCUT2D eigenvalue weighted by molar-refractivity contribution is -0.636. The van der Waals surface area contributed by atoms with E-state index in [9.17, 15) is 0 Å². The Bertz CT molecular complexity index is 577. The SMILES string of the molecule is CCN(C)c1ccc(C=C=CC2[NH2+]C(C)=C(C)N2C)cc1. The van der Waals surface area contributed by atoms with Crippen LogP contribution in [0.15, 0.2) is 47.5 Å². The average Bonchev–Trinajstić information content (AvgIpc) is 2.74. The first kappa shape index (κ1) is 15.4. The Hall–Kier alpha value is -1.96. The summed E-state index contributed by atoms with van der Waals surface area (Å²) in [4.78, 5) is 4.50. The second-order valence-corrected chi connectivity index (χ2v) is 5.62. The molecule has 2 N–H and O–H groups in total. The van der Waals surface area contributed by atoms with Crippen LogP contribution in [0.1, 0.15) is 26.3 Å². The Balaban J connectivity index is 2.03. The summed E-state index contributed by atoms with van der Waals surface area (Å²) in [6.45, 7) is 7.49. The summed E-state index contributed by atoms with van der Waals surface area (Å²) in [6, 6.07) is 8.58. The molecule has 1 unspecified atom stereocenters. The zero-order chi connectivity index (χ0) is 15.4. The van der Waals surface area contributed by atoms with Gasteiger partial charge in [-0.1, -0.05) is 12.1 Å². The van der Waals surface area contributed by atoms with Crippen LogP contribution < -0.4 is 10.2 Å². The maximum Gasteiger partial charge on any atom is 0.192 e. The number of allylic oxidation sites excluding steroid dienone is 2. The predicted molar refractivity (Wildman–Crippen MR) is 89.8 cm³/mol. The van der Waals surface area contributed by atoms with Crippen LogP contribution in [-0.4, -0.2) is 31.7 Å². The van der Waals surface area contributed by atoms with Crippen LogP contribution >= 0.6 is 0 Å². The van der Waals surface area contributed by atoms with Gasteiger partial charge < -0.3 is 9.80 Å². The summed E-state index contributed by atoms with van der Waals surface area (Å²) in [5.41, 5.74) is 8.44. The molecule has 0 fully saturated rings. The molecule has 112 valence electrons. The zero-order valence-corrected chi connectivity index (χ0v) is 13.7. The predicted octanol–water partition coefficient (Wildman–Crippen LogP) is 2.40. The van der Waals surface area contributed by atoms with Gasteiger partial charge in [0.25, 0.3) is 0 Å². The first-order chi connectivity index (χ1) is 10.0. The molecule has 1 aliphatic heterocycles. The summed E-state index contributed by atoms with van der Waals surface area (Å²) < 4.78 is 0. The van der Waals surface area contributed by atoms with Gasteiger partial charge in [0, 0.05) is 39.3 Å². The van der Waals surface area contributed by atoms with Crippen molar-refractivity contribution in [3.8, 4) is 0 Å². The second kappa shape index (κ2) is 6.66. The summed E-state index contributed by atoms with van der Waals surface area (Å²) in [5.74, 6) is 0. The molecule has 0 spiro atoms. The van der Waals surface area contributed by atoms with E-state index in [0.29, 0.717) is 6.17 Å². The third kappa shape index (κ3) is 3.57. The number of likely N-dealkylation sites (N-methyl/N-ethyl adjacent to an activating group) is 1. The molecule has 21 heavy (non-hydrogen) atoms. The molecule has 2 rings (SSSR count). The number of anilines is 1. The number of nitrogens with two attached hydrogens (primary N) is 1. The number of rotatable bonds is 4. The summed E-state index contributed by atoms with van der Waals surface area (Å²) >= 11 is 0. The quantitative estimate of drug-likeness (QED) is 0.858. The molecular formula is C18H26N3+. The first-order valence-corrected chi connectivity index (χ1v) is 7.52. The van der Waals surface area contributed by atoms with Crippen LogP contribution in [0.3, 0.4) is 0 Å². The Kier molecular flexibility index (Phi) is 4.89. The normalized spacial score (nSPS) is 17.8. The third-order valence-corrected chi connectivity index (χ3v) is 4.29. The number of hydrogen-bond acceptors (Lipinski definition) is 2. The van der Waals surface area contributed by atoms with Crippen LogP contribution in [0.5, 0.6) is 0 Å². The van der Waals surface area contributed by atoms with Crippen molar-refractivity contribution >= 4 is 11.8 Å². The molecule has 0 saturated heterocycles. The maximum atomic E-state index is 3.31.